The number of carbonyl (C=O) groups is 1. The average molecular weight is 314 g/mol. The first-order chi connectivity index (χ1) is 9.58. The third-order valence-electron chi connectivity index (χ3n) is 2.83. The Hall–Kier alpha value is -1.43. The topological polar surface area (TPSA) is 38.3 Å². The molecule has 1 unspecified atom stereocenters. The number of nitrogens with one attached hydrogen (secondary N) is 1. The van der Waals surface area contributed by atoms with Gasteiger partial charge in [0.05, 0.1) is 8.80 Å². The minimum atomic E-state index is -0.919. The lowest BCUT2D eigenvalue weighted by Crippen LogP contribution is -2.46. The van der Waals surface area contributed by atoms with E-state index in [2.05, 4.69) is 5.32 Å². The first-order valence-corrected chi connectivity index (χ1v) is 9.39. The summed E-state index contributed by atoms with van der Waals surface area (Å²) in [6.45, 7) is 9.39. The minimum Gasteiger partial charge on any atom is -0.444 e. The first-order valence-electron chi connectivity index (χ1n) is 6.82. The van der Waals surface area contributed by atoms with Crippen molar-refractivity contribution < 1.29 is 18.3 Å². The Kier molecular flexibility index (Phi) is 5.89. The van der Waals surface area contributed by atoms with Crippen molar-refractivity contribution in [1.82, 2.24) is 5.32 Å². The van der Waals surface area contributed by atoms with E-state index in [4.69, 9.17) is 4.74 Å². The third kappa shape index (κ3) is 6.24. The summed E-state index contributed by atoms with van der Waals surface area (Å²) in [7, 11) is -0.919. The van der Waals surface area contributed by atoms with Crippen LogP contribution in [0.3, 0.4) is 0 Å². The number of benzene rings is 1. The van der Waals surface area contributed by atoms with Crippen molar-refractivity contribution in [3.63, 3.8) is 0 Å². The molecular weight excluding hydrogens is 292 g/mol. The van der Waals surface area contributed by atoms with Gasteiger partial charge in [-0.15, -0.1) is 0 Å². The molecule has 0 aromatic heterocycles. The van der Waals surface area contributed by atoms with Gasteiger partial charge in [-0.3, -0.25) is 0 Å². The van der Waals surface area contributed by atoms with Gasteiger partial charge in [-0.05, 0) is 38.8 Å². The van der Waals surface area contributed by atoms with Crippen LogP contribution in [0.1, 0.15) is 26.3 Å². The van der Waals surface area contributed by atoms with Crippen molar-refractivity contribution in [3.8, 4) is 0 Å². The van der Waals surface area contributed by atoms with Gasteiger partial charge in [0, 0.05) is 11.7 Å². The number of alkyl carbamates (subject to hydrolysis) is 1. The summed E-state index contributed by atoms with van der Waals surface area (Å²) < 4.78 is 31.8. The molecule has 1 rings (SSSR count). The summed E-state index contributed by atoms with van der Waals surface area (Å²) in [5.74, 6) is -1.19. The van der Waals surface area contributed by atoms with Gasteiger partial charge < -0.3 is 10.1 Å². The molecule has 0 bridgehead atoms. The van der Waals surface area contributed by atoms with Crippen molar-refractivity contribution in [2.45, 2.75) is 51.6 Å². The number of carbonyl (C=O) groups excluding carboxylic acids is 1. The highest BCUT2D eigenvalue weighted by atomic mass is 28.3. The van der Waals surface area contributed by atoms with Crippen molar-refractivity contribution in [1.29, 1.82) is 0 Å². The second-order valence-corrected chi connectivity index (χ2v) is 9.07. The fourth-order valence-corrected chi connectivity index (χ4v) is 2.79. The molecule has 1 aromatic carbocycles. The van der Waals surface area contributed by atoms with Gasteiger partial charge in [-0.1, -0.05) is 19.2 Å². The van der Waals surface area contributed by atoms with E-state index < -0.39 is 32.1 Å². The van der Waals surface area contributed by atoms with Gasteiger partial charge in [-0.25, -0.2) is 13.6 Å². The van der Waals surface area contributed by atoms with E-state index in [1.54, 1.807) is 20.8 Å². The molecule has 3 nitrogen and oxygen atoms in total. The largest absolute Gasteiger partial charge is 0.444 e. The van der Waals surface area contributed by atoms with Crippen LogP contribution < -0.4 is 5.32 Å². The molecule has 0 saturated heterocycles. The maximum absolute atomic E-state index is 13.7. The third-order valence-corrected chi connectivity index (χ3v) is 4.57. The number of amides is 1. The van der Waals surface area contributed by atoms with E-state index in [1.165, 1.54) is 12.1 Å². The van der Waals surface area contributed by atoms with Crippen LogP contribution in [0.4, 0.5) is 13.6 Å². The molecule has 117 valence electrons. The molecule has 0 spiro atoms. The average Bonchev–Trinajstić information content (AvgIpc) is 2.28. The normalized spacial score (nSPS) is 13.1. The van der Waals surface area contributed by atoms with E-state index in [0.717, 1.165) is 6.07 Å². The monoisotopic (exact) mass is 314 g/mol. The molecule has 1 aromatic rings. The lowest BCUT2D eigenvalue weighted by atomic mass is 10.1. The second kappa shape index (κ2) is 7.02. The number of hydrogen-bond donors (Lipinski definition) is 1. The lowest BCUT2D eigenvalue weighted by Gasteiger charge is -2.25. The predicted octanol–water partition coefficient (Wildman–Crippen LogP) is 3.69. The summed E-state index contributed by atoms with van der Waals surface area (Å²) in [5.41, 5.74) is -0.377. The fraction of sp³-hybridized carbons (Fsp3) is 0.533. The highest BCUT2D eigenvalue weighted by Crippen LogP contribution is 2.14. The van der Waals surface area contributed by atoms with Crippen LogP contribution in [0.25, 0.3) is 0 Å². The van der Waals surface area contributed by atoms with Gasteiger partial charge in [0.15, 0.2) is 0 Å². The summed E-state index contributed by atoms with van der Waals surface area (Å²) in [4.78, 5) is 11.8. The van der Waals surface area contributed by atoms with Crippen molar-refractivity contribution in [2.75, 3.05) is 0 Å². The standard InChI is InChI=1S/C15H22F2NO2Si/c1-15(2,3)20-14(19)18-13(21(4)5)8-10-6-7-11(16)9-12(10)17/h6-7,9,13H,8H2,1-5H3,(H,18,19). The molecule has 1 radical (unpaired) electrons. The molecule has 0 aliphatic rings. The number of ether oxygens (including phenoxy) is 1. The molecule has 0 heterocycles. The lowest BCUT2D eigenvalue weighted by molar-refractivity contribution is 0.0519. The zero-order valence-corrected chi connectivity index (χ0v) is 14.1. The molecular formula is C15H22F2NO2Si. The molecule has 1 atom stereocenters. The molecule has 0 aliphatic heterocycles. The second-order valence-electron chi connectivity index (χ2n) is 6.22. The Morgan fingerprint density at radius 2 is 1.95 bits per heavy atom. The molecule has 0 saturated carbocycles. The van der Waals surface area contributed by atoms with Crippen LogP contribution in [-0.2, 0) is 11.2 Å². The van der Waals surface area contributed by atoms with Crippen molar-refractivity contribution >= 4 is 14.9 Å². The van der Waals surface area contributed by atoms with Gasteiger partial charge >= 0.3 is 6.09 Å². The highest BCUT2D eigenvalue weighted by molar-refractivity contribution is 6.57. The van der Waals surface area contributed by atoms with E-state index in [9.17, 15) is 13.6 Å². The maximum Gasteiger partial charge on any atom is 0.407 e. The van der Waals surface area contributed by atoms with Crippen LogP contribution >= 0.6 is 0 Å². The summed E-state index contributed by atoms with van der Waals surface area (Å²) in [6.07, 6.45) is -0.187. The summed E-state index contributed by atoms with van der Waals surface area (Å²) in [5, 5.41) is 2.79. The van der Waals surface area contributed by atoms with Crippen LogP contribution in [0.2, 0.25) is 13.1 Å². The van der Waals surface area contributed by atoms with Gasteiger partial charge in [0.2, 0.25) is 0 Å². The predicted molar refractivity (Wildman–Crippen MR) is 80.7 cm³/mol. The molecule has 6 heteroatoms. The van der Waals surface area contributed by atoms with Crippen LogP contribution in [0, 0.1) is 11.6 Å². The van der Waals surface area contributed by atoms with Gasteiger partial charge in [-0.2, -0.15) is 0 Å². The highest BCUT2D eigenvalue weighted by Gasteiger charge is 2.23. The summed E-state index contributed by atoms with van der Waals surface area (Å²) >= 11 is 0. The first kappa shape index (κ1) is 17.6. The van der Waals surface area contributed by atoms with E-state index in [1.807, 2.05) is 13.1 Å². The van der Waals surface area contributed by atoms with E-state index in [-0.39, 0.29) is 5.67 Å². The van der Waals surface area contributed by atoms with Crippen molar-refractivity contribution in [3.05, 3.63) is 35.4 Å². The Morgan fingerprint density at radius 3 is 2.43 bits per heavy atom. The Bertz CT molecular complexity index is 501. The quantitative estimate of drug-likeness (QED) is 0.861. The Morgan fingerprint density at radius 1 is 1.33 bits per heavy atom. The molecule has 0 fully saturated rings. The van der Waals surface area contributed by atoms with Gasteiger partial charge in [0.25, 0.3) is 0 Å². The Balaban J connectivity index is 2.76. The maximum atomic E-state index is 13.7. The van der Waals surface area contributed by atoms with Crippen LogP contribution in [0.15, 0.2) is 18.2 Å². The van der Waals surface area contributed by atoms with Crippen LogP contribution in [0.5, 0.6) is 0 Å². The minimum absolute atomic E-state index is 0.190. The number of hydrogen-bond acceptors (Lipinski definition) is 2. The molecule has 0 aliphatic carbocycles. The zero-order valence-electron chi connectivity index (χ0n) is 13.1. The molecule has 1 N–H and O–H groups in total. The number of rotatable bonds is 4. The zero-order chi connectivity index (χ0) is 16.2. The SMILES string of the molecule is C[Si](C)C(Cc1ccc(F)cc1F)NC(=O)OC(C)(C)C. The van der Waals surface area contributed by atoms with Crippen LogP contribution in [-0.4, -0.2) is 26.2 Å². The fourth-order valence-electron chi connectivity index (χ4n) is 1.76. The smallest absolute Gasteiger partial charge is 0.407 e. The summed E-state index contributed by atoms with van der Waals surface area (Å²) in [6, 6.07) is 3.50. The van der Waals surface area contributed by atoms with Crippen molar-refractivity contribution in [2.24, 2.45) is 0 Å². The Labute approximate surface area is 126 Å². The van der Waals surface area contributed by atoms with E-state index >= 15 is 0 Å². The molecule has 1 amide bonds. The van der Waals surface area contributed by atoms with Gasteiger partial charge in [0.1, 0.15) is 17.2 Å². The molecule has 21 heavy (non-hydrogen) atoms. The van der Waals surface area contributed by atoms with E-state index in [0.29, 0.717) is 12.0 Å². The number of halogens is 2.